The van der Waals surface area contributed by atoms with Gasteiger partial charge in [0.2, 0.25) is 5.91 Å². The largest absolute Gasteiger partial charge is 0.468 e. The number of methoxy groups -OCH3 is 1. The molecule has 0 bridgehead atoms. The first-order chi connectivity index (χ1) is 10.2. The van der Waals surface area contributed by atoms with Gasteiger partial charge in [-0.25, -0.2) is 0 Å². The molecule has 4 heterocycles. The molecule has 3 aliphatic heterocycles. The summed E-state index contributed by atoms with van der Waals surface area (Å²) >= 11 is 0. The van der Waals surface area contributed by atoms with Crippen molar-refractivity contribution in [3.8, 4) is 0 Å². The van der Waals surface area contributed by atoms with Gasteiger partial charge in [-0.15, -0.1) is 0 Å². The van der Waals surface area contributed by atoms with E-state index < -0.39 is 5.41 Å². The zero-order valence-corrected chi connectivity index (χ0v) is 12.2. The van der Waals surface area contributed by atoms with Crippen LogP contribution in [0.15, 0.2) is 18.3 Å². The summed E-state index contributed by atoms with van der Waals surface area (Å²) in [6.45, 7) is 1.68. The van der Waals surface area contributed by atoms with Crippen LogP contribution in [-0.2, 0) is 26.3 Å². The van der Waals surface area contributed by atoms with Crippen molar-refractivity contribution in [3.05, 3.63) is 24.0 Å². The molecule has 0 radical (unpaired) electrons. The van der Waals surface area contributed by atoms with Crippen molar-refractivity contribution in [1.82, 2.24) is 9.47 Å². The fraction of sp³-hybridized carbons (Fsp3) is 0.625. The van der Waals surface area contributed by atoms with E-state index in [1.165, 1.54) is 7.11 Å². The molecule has 5 nitrogen and oxygen atoms in total. The third-order valence-electron chi connectivity index (χ3n) is 5.57. The highest BCUT2D eigenvalue weighted by molar-refractivity contribution is 5.87. The Morgan fingerprint density at radius 3 is 3.14 bits per heavy atom. The van der Waals surface area contributed by atoms with E-state index in [-0.39, 0.29) is 17.9 Å². The van der Waals surface area contributed by atoms with Gasteiger partial charge >= 0.3 is 5.97 Å². The second-order valence-electron chi connectivity index (χ2n) is 6.44. The lowest BCUT2D eigenvalue weighted by molar-refractivity contribution is -0.164. The minimum Gasteiger partial charge on any atom is -0.468 e. The number of nitrogens with zero attached hydrogens (tertiary/aromatic N) is 2. The maximum atomic E-state index is 12.7. The second kappa shape index (κ2) is 4.36. The average molecular weight is 288 g/mol. The van der Waals surface area contributed by atoms with Gasteiger partial charge in [0, 0.05) is 31.4 Å². The lowest BCUT2D eigenvalue weighted by Crippen LogP contribution is -2.68. The van der Waals surface area contributed by atoms with Gasteiger partial charge in [-0.3, -0.25) is 9.59 Å². The summed E-state index contributed by atoms with van der Waals surface area (Å²) in [7, 11) is 1.46. The Morgan fingerprint density at radius 1 is 1.48 bits per heavy atom. The molecule has 1 aromatic rings. The molecule has 0 spiro atoms. The molecule has 5 heteroatoms. The van der Waals surface area contributed by atoms with Gasteiger partial charge in [0.25, 0.3) is 0 Å². The molecule has 21 heavy (non-hydrogen) atoms. The van der Waals surface area contributed by atoms with Crippen molar-refractivity contribution in [1.29, 1.82) is 0 Å². The van der Waals surface area contributed by atoms with Crippen molar-refractivity contribution in [3.63, 3.8) is 0 Å². The van der Waals surface area contributed by atoms with E-state index in [0.29, 0.717) is 12.3 Å². The minimum atomic E-state index is -0.671. The topological polar surface area (TPSA) is 51.5 Å². The Morgan fingerprint density at radius 2 is 2.33 bits per heavy atom. The first-order valence-corrected chi connectivity index (χ1v) is 7.72. The standard InChI is InChI=1S/C16H20N2O3/c1-21-15(20)16-7-3-9-18-13(19)6-5-11(14(16)18)10-17-8-2-4-12(16)17/h2,4,8,11,14H,3,5-7,9-10H2,1H3/t11-,14-,16+/m1/s1. The lowest BCUT2D eigenvalue weighted by atomic mass is 9.62. The average Bonchev–Trinajstić information content (AvgIpc) is 2.98. The van der Waals surface area contributed by atoms with Crippen LogP contribution in [0, 0.1) is 5.92 Å². The van der Waals surface area contributed by atoms with Crippen LogP contribution in [0.5, 0.6) is 0 Å². The second-order valence-corrected chi connectivity index (χ2v) is 6.44. The molecular weight excluding hydrogens is 268 g/mol. The molecule has 0 aromatic carbocycles. The summed E-state index contributed by atoms with van der Waals surface area (Å²) in [6.07, 6.45) is 5.15. The number of hydrogen-bond donors (Lipinski definition) is 0. The SMILES string of the molecule is COC(=O)[C@@]12CCCN3C(=O)CC[C@H](Cn4cccc41)[C@@H]32. The summed E-state index contributed by atoms with van der Waals surface area (Å²) < 4.78 is 7.38. The molecule has 0 saturated carbocycles. The predicted molar refractivity (Wildman–Crippen MR) is 75.6 cm³/mol. The summed E-state index contributed by atoms with van der Waals surface area (Å²) in [5.41, 5.74) is 0.352. The number of piperidine rings is 2. The smallest absolute Gasteiger partial charge is 0.319 e. The van der Waals surface area contributed by atoms with Gasteiger partial charge < -0.3 is 14.2 Å². The first-order valence-electron chi connectivity index (χ1n) is 7.72. The summed E-state index contributed by atoms with van der Waals surface area (Å²) in [5.74, 6) is 0.364. The molecular formula is C16H20N2O3. The molecule has 3 aliphatic rings. The van der Waals surface area contributed by atoms with Gasteiger partial charge in [0.1, 0.15) is 5.41 Å². The van der Waals surface area contributed by atoms with Crippen molar-refractivity contribution in [2.24, 2.45) is 5.92 Å². The van der Waals surface area contributed by atoms with Crippen LogP contribution in [0.1, 0.15) is 31.4 Å². The Bertz CT molecular complexity index is 608. The Hall–Kier alpha value is -1.78. The van der Waals surface area contributed by atoms with E-state index in [2.05, 4.69) is 4.57 Å². The lowest BCUT2D eigenvalue weighted by Gasteiger charge is -2.56. The molecule has 1 amide bonds. The summed E-state index contributed by atoms with van der Waals surface area (Å²) in [4.78, 5) is 27.0. The number of aromatic nitrogens is 1. The molecule has 2 saturated heterocycles. The van der Waals surface area contributed by atoms with Crippen LogP contribution < -0.4 is 0 Å². The molecule has 0 aliphatic carbocycles. The van der Waals surface area contributed by atoms with Gasteiger partial charge in [-0.2, -0.15) is 0 Å². The van der Waals surface area contributed by atoms with Crippen molar-refractivity contribution < 1.29 is 14.3 Å². The molecule has 112 valence electrons. The van der Waals surface area contributed by atoms with Gasteiger partial charge in [-0.05, 0) is 37.3 Å². The number of rotatable bonds is 1. The van der Waals surface area contributed by atoms with Crippen LogP contribution in [-0.4, -0.2) is 41.0 Å². The number of esters is 1. The van der Waals surface area contributed by atoms with E-state index in [1.807, 2.05) is 23.2 Å². The summed E-state index contributed by atoms with van der Waals surface area (Å²) in [6, 6.07) is 4.00. The Labute approximate surface area is 123 Å². The van der Waals surface area contributed by atoms with E-state index in [1.54, 1.807) is 0 Å². The Kier molecular flexibility index (Phi) is 2.68. The highest BCUT2D eigenvalue weighted by Gasteiger charge is 2.60. The van der Waals surface area contributed by atoms with Crippen molar-refractivity contribution in [2.75, 3.05) is 13.7 Å². The van der Waals surface area contributed by atoms with Gasteiger partial charge in [0.15, 0.2) is 0 Å². The molecule has 2 fully saturated rings. The van der Waals surface area contributed by atoms with Crippen LogP contribution in [0.4, 0.5) is 0 Å². The van der Waals surface area contributed by atoms with Crippen LogP contribution in [0.2, 0.25) is 0 Å². The van der Waals surface area contributed by atoms with Crippen LogP contribution in [0.3, 0.4) is 0 Å². The predicted octanol–water partition coefficient (Wildman–Crippen LogP) is 1.31. The third-order valence-corrected chi connectivity index (χ3v) is 5.57. The molecule has 4 rings (SSSR count). The number of ether oxygens (including phenoxy) is 1. The zero-order chi connectivity index (χ0) is 14.6. The zero-order valence-electron chi connectivity index (χ0n) is 12.2. The van der Waals surface area contributed by atoms with Gasteiger partial charge in [0.05, 0.1) is 13.2 Å². The number of fused-ring (bicyclic) bond motifs is 2. The first kappa shape index (κ1) is 12.9. The highest BCUT2D eigenvalue weighted by atomic mass is 16.5. The van der Waals surface area contributed by atoms with Crippen LogP contribution in [0.25, 0.3) is 0 Å². The third kappa shape index (κ3) is 1.52. The number of amides is 1. The van der Waals surface area contributed by atoms with E-state index in [4.69, 9.17) is 4.74 Å². The fourth-order valence-corrected chi connectivity index (χ4v) is 4.84. The molecule has 1 aromatic heterocycles. The van der Waals surface area contributed by atoms with E-state index in [0.717, 1.165) is 38.0 Å². The minimum absolute atomic E-state index is 0.0256. The number of carbonyl (C=O) groups is 2. The van der Waals surface area contributed by atoms with Crippen molar-refractivity contribution in [2.45, 2.75) is 43.7 Å². The van der Waals surface area contributed by atoms with Gasteiger partial charge in [-0.1, -0.05) is 0 Å². The molecule has 0 unspecified atom stereocenters. The van der Waals surface area contributed by atoms with Crippen molar-refractivity contribution >= 4 is 11.9 Å². The van der Waals surface area contributed by atoms with E-state index in [9.17, 15) is 9.59 Å². The highest BCUT2D eigenvalue weighted by Crippen LogP contribution is 2.49. The van der Waals surface area contributed by atoms with Crippen LogP contribution >= 0.6 is 0 Å². The number of carbonyl (C=O) groups excluding carboxylic acids is 2. The molecule has 0 N–H and O–H groups in total. The fourth-order valence-electron chi connectivity index (χ4n) is 4.84. The Balaban J connectivity index is 1.93. The maximum Gasteiger partial charge on any atom is 0.319 e. The monoisotopic (exact) mass is 288 g/mol. The quantitative estimate of drug-likeness (QED) is 0.732. The normalized spacial score (nSPS) is 34.1. The van der Waals surface area contributed by atoms with E-state index >= 15 is 0 Å². The molecule has 3 atom stereocenters. The maximum absolute atomic E-state index is 12.7. The summed E-state index contributed by atoms with van der Waals surface area (Å²) in [5, 5.41) is 0. The number of hydrogen-bond acceptors (Lipinski definition) is 3.